The second-order valence-electron chi connectivity index (χ2n) is 14.4. The lowest BCUT2D eigenvalue weighted by Crippen LogP contribution is -2.61. The summed E-state index contributed by atoms with van der Waals surface area (Å²) in [7, 11) is 7.21. The average Bonchev–Trinajstić information content (AvgIpc) is 3.06. The third-order valence-electron chi connectivity index (χ3n) is 10.5. The topological polar surface area (TPSA) is 142 Å². The highest BCUT2D eigenvalue weighted by atomic mass is 16.7. The molecule has 0 spiro atoms. The summed E-state index contributed by atoms with van der Waals surface area (Å²) in [5, 5.41) is 22.8. The maximum atomic E-state index is 14.0. The molecule has 0 unspecified atom stereocenters. The van der Waals surface area contributed by atoms with E-state index in [9.17, 15) is 19.8 Å². The van der Waals surface area contributed by atoms with E-state index in [0.29, 0.717) is 19.6 Å². The lowest BCUT2D eigenvalue weighted by Gasteiger charge is -2.49. The van der Waals surface area contributed by atoms with Crippen LogP contribution in [0.4, 0.5) is 0 Å². The Morgan fingerprint density at radius 2 is 1.72 bits per heavy atom. The number of nitrogens with zero attached hydrogens (tertiary/aromatic N) is 1. The Bertz CT molecular complexity index is 994. The van der Waals surface area contributed by atoms with Gasteiger partial charge in [0, 0.05) is 51.2 Å². The van der Waals surface area contributed by atoms with Gasteiger partial charge in [0.15, 0.2) is 6.29 Å². The van der Waals surface area contributed by atoms with E-state index in [1.54, 1.807) is 35.0 Å². The van der Waals surface area contributed by atoms with Crippen molar-refractivity contribution in [1.82, 2.24) is 4.90 Å². The Labute approximate surface area is 275 Å². The summed E-state index contributed by atoms with van der Waals surface area (Å²) in [6.45, 7) is 13.0. The molecule has 0 saturated carbocycles. The number of fused-ring (bicyclic) bond motifs is 3. The molecule has 14 atom stereocenters. The van der Waals surface area contributed by atoms with Crippen molar-refractivity contribution in [3.05, 3.63) is 0 Å². The van der Waals surface area contributed by atoms with Crippen molar-refractivity contribution in [3.63, 3.8) is 0 Å². The van der Waals surface area contributed by atoms with Crippen LogP contribution in [0.5, 0.6) is 0 Å². The molecule has 12 nitrogen and oxygen atoms in total. The average molecular weight is 660 g/mol. The Kier molecular flexibility index (Phi) is 14.0. The number of rotatable bonds is 7. The van der Waals surface area contributed by atoms with Crippen LogP contribution in [0.15, 0.2) is 0 Å². The molecule has 3 fully saturated rings. The van der Waals surface area contributed by atoms with E-state index < -0.39 is 77.7 Å². The molecule has 268 valence electrons. The zero-order valence-corrected chi connectivity index (χ0v) is 29.9. The summed E-state index contributed by atoms with van der Waals surface area (Å²) in [4.78, 5) is 29.9. The van der Waals surface area contributed by atoms with Gasteiger partial charge >= 0.3 is 5.97 Å². The summed E-state index contributed by atoms with van der Waals surface area (Å²) in [5.41, 5.74) is -2.97. The third-order valence-corrected chi connectivity index (χ3v) is 10.5. The fourth-order valence-electron chi connectivity index (χ4n) is 7.78. The highest BCUT2D eigenvalue weighted by molar-refractivity contribution is 5.83. The molecular weight excluding hydrogens is 598 g/mol. The van der Waals surface area contributed by atoms with Crippen molar-refractivity contribution < 1.29 is 53.0 Å². The van der Waals surface area contributed by atoms with Gasteiger partial charge in [-0.25, -0.2) is 0 Å². The Balaban J connectivity index is 2.22. The molecule has 0 aromatic carbocycles. The minimum absolute atomic E-state index is 0.00329. The van der Waals surface area contributed by atoms with Crippen molar-refractivity contribution in [2.45, 2.75) is 134 Å². The molecule has 3 rings (SSSR count). The lowest BCUT2D eigenvalue weighted by atomic mass is 9.73. The molecule has 12 heteroatoms. The summed E-state index contributed by atoms with van der Waals surface area (Å²) in [5.74, 6) is -3.77. The van der Waals surface area contributed by atoms with Gasteiger partial charge in [0.2, 0.25) is 0 Å². The minimum Gasteiger partial charge on any atom is -0.459 e. The summed E-state index contributed by atoms with van der Waals surface area (Å²) in [6.07, 6.45) is -3.71. The van der Waals surface area contributed by atoms with E-state index in [1.165, 1.54) is 6.92 Å². The van der Waals surface area contributed by atoms with Crippen LogP contribution >= 0.6 is 0 Å². The first-order valence-electron chi connectivity index (χ1n) is 16.9. The molecule has 3 aliphatic rings. The van der Waals surface area contributed by atoms with E-state index in [-0.39, 0.29) is 37.4 Å². The van der Waals surface area contributed by atoms with E-state index in [0.717, 1.165) is 6.42 Å². The highest BCUT2D eigenvalue weighted by Gasteiger charge is 2.54. The second-order valence-corrected chi connectivity index (χ2v) is 14.4. The van der Waals surface area contributed by atoms with Crippen LogP contribution in [0.2, 0.25) is 0 Å². The SMILES string of the molecule is CC[C@H]1OC(=O)[C@H](C)[C@H]2OCCCO[C@@](C)(C[C@@H](C)C(=O)[C@H](C)[C@@H](O)[C@]1(C)O)[C@H](O[C@@H]1O[C@H](C)C[C@H](N(C)C)[C@H]1OC)[C@H]2COC. The molecule has 0 radical (unpaired) electrons. The first-order chi connectivity index (χ1) is 21.5. The smallest absolute Gasteiger partial charge is 0.311 e. The largest absolute Gasteiger partial charge is 0.459 e. The van der Waals surface area contributed by atoms with Crippen molar-refractivity contribution in [1.29, 1.82) is 0 Å². The number of aliphatic hydroxyl groups is 2. The molecular formula is C34H61NO11. The fourth-order valence-corrected chi connectivity index (χ4v) is 7.78. The number of hydrogen-bond acceptors (Lipinski definition) is 12. The normalized spacial score (nSPS) is 45.4. The molecule has 2 N–H and O–H groups in total. The summed E-state index contributed by atoms with van der Waals surface area (Å²) in [6, 6.07) is 0.00329. The van der Waals surface area contributed by atoms with Gasteiger partial charge in [-0.15, -0.1) is 0 Å². The summed E-state index contributed by atoms with van der Waals surface area (Å²) >= 11 is 0. The monoisotopic (exact) mass is 659 g/mol. The number of Topliss-reactive ketones (excluding diaryl/α,β-unsaturated/α-hetero) is 1. The molecule has 3 aliphatic heterocycles. The molecule has 0 amide bonds. The van der Waals surface area contributed by atoms with Gasteiger partial charge < -0.3 is 48.3 Å². The van der Waals surface area contributed by atoms with Gasteiger partial charge in [-0.2, -0.15) is 0 Å². The quantitative estimate of drug-likeness (QED) is 0.388. The first kappa shape index (κ1) is 39.2. The predicted molar refractivity (Wildman–Crippen MR) is 170 cm³/mol. The predicted octanol–water partition coefficient (Wildman–Crippen LogP) is 2.59. The number of ether oxygens (including phenoxy) is 7. The molecule has 3 saturated heterocycles. The van der Waals surface area contributed by atoms with Crippen LogP contribution in [-0.4, -0.2) is 135 Å². The van der Waals surface area contributed by atoms with Crippen molar-refractivity contribution in [3.8, 4) is 0 Å². The molecule has 2 bridgehead atoms. The first-order valence-corrected chi connectivity index (χ1v) is 16.9. The van der Waals surface area contributed by atoms with E-state index in [1.807, 2.05) is 34.9 Å². The number of carbonyl (C=O) groups excluding carboxylic acids is 2. The number of hydrogen-bond donors (Lipinski definition) is 2. The Morgan fingerprint density at radius 1 is 1.04 bits per heavy atom. The van der Waals surface area contributed by atoms with Crippen molar-refractivity contribution >= 4 is 11.8 Å². The van der Waals surface area contributed by atoms with Gasteiger partial charge in [0.25, 0.3) is 0 Å². The van der Waals surface area contributed by atoms with Crippen LogP contribution in [0.25, 0.3) is 0 Å². The number of methoxy groups -OCH3 is 2. The lowest BCUT2D eigenvalue weighted by molar-refractivity contribution is -0.309. The maximum Gasteiger partial charge on any atom is 0.311 e. The van der Waals surface area contributed by atoms with E-state index in [4.69, 9.17) is 33.2 Å². The zero-order chi connectivity index (χ0) is 34.6. The van der Waals surface area contributed by atoms with Crippen LogP contribution in [0.3, 0.4) is 0 Å². The van der Waals surface area contributed by atoms with Crippen LogP contribution in [0, 0.1) is 23.7 Å². The molecule has 46 heavy (non-hydrogen) atoms. The number of likely N-dealkylation sites (N-methyl/N-ethyl adjacent to an activating group) is 1. The molecule has 3 heterocycles. The standard InChI is InChI=1S/C34H61NO11/c1-12-25-34(7,39)29(37)21(4)26(36)19(2)17-33(6)30(46-32-28(41-11)24(35(8)9)16-20(3)44-32)23(18-40-10)27(22(5)31(38)45-25)42-14-13-15-43-33/h19-25,27-30,32,37,39H,12-18H2,1-11H3/t19-,20-,21+,22-,23+,24+,25-,27-,28-,29-,30-,32+,33+,34-/m1/s1. The van der Waals surface area contributed by atoms with Gasteiger partial charge in [0.05, 0.1) is 42.5 Å². The molecule has 0 aliphatic carbocycles. The van der Waals surface area contributed by atoms with Crippen molar-refractivity contribution in [2.24, 2.45) is 23.7 Å². The zero-order valence-electron chi connectivity index (χ0n) is 29.9. The number of carbonyl (C=O) groups is 2. The highest BCUT2D eigenvalue weighted by Crippen LogP contribution is 2.41. The maximum absolute atomic E-state index is 14.0. The molecule has 0 aromatic heterocycles. The van der Waals surface area contributed by atoms with Gasteiger partial charge in [-0.3, -0.25) is 9.59 Å². The van der Waals surface area contributed by atoms with Crippen molar-refractivity contribution in [2.75, 3.05) is 48.1 Å². The van der Waals surface area contributed by atoms with E-state index >= 15 is 0 Å². The van der Waals surface area contributed by atoms with Gasteiger partial charge in [-0.1, -0.05) is 20.8 Å². The van der Waals surface area contributed by atoms with Gasteiger partial charge in [-0.05, 0) is 67.5 Å². The van der Waals surface area contributed by atoms with Gasteiger partial charge in [0.1, 0.15) is 23.6 Å². The van der Waals surface area contributed by atoms with Crippen LogP contribution in [-0.2, 0) is 42.7 Å². The summed E-state index contributed by atoms with van der Waals surface area (Å²) < 4.78 is 44.3. The third kappa shape index (κ3) is 8.49. The number of cyclic esters (lactones) is 1. The number of aliphatic hydroxyl groups excluding tert-OH is 1. The minimum atomic E-state index is -1.88. The Hall–Kier alpha value is -1.22. The number of esters is 1. The fraction of sp³-hybridized carbons (Fsp3) is 0.941. The second kappa shape index (κ2) is 16.5. The van der Waals surface area contributed by atoms with E-state index in [2.05, 4.69) is 4.90 Å². The van der Waals surface area contributed by atoms with Crippen LogP contribution < -0.4 is 0 Å². The Morgan fingerprint density at radius 3 is 2.30 bits per heavy atom. The van der Waals surface area contributed by atoms with Crippen LogP contribution in [0.1, 0.15) is 74.1 Å². The molecule has 0 aromatic rings. The number of ketones is 1.